The Morgan fingerprint density at radius 3 is 2.35 bits per heavy atom. The number of rotatable bonds is 8. The SMILES string of the molecule is COc1ccc(COc2ccc(C(CC(=O)O)c3ccon3)cc2)cc1. The Hall–Kier alpha value is -3.28. The summed E-state index contributed by atoms with van der Waals surface area (Å²) in [6.45, 7) is 0.436. The summed E-state index contributed by atoms with van der Waals surface area (Å²) in [4.78, 5) is 11.2. The second-order valence-corrected chi connectivity index (χ2v) is 5.78. The molecule has 0 fully saturated rings. The van der Waals surface area contributed by atoms with E-state index in [-0.39, 0.29) is 12.3 Å². The van der Waals surface area contributed by atoms with Crippen LogP contribution in [0.3, 0.4) is 0 Å². The number of methoxy groups -OCH3 is 1. The molecule has 3 aromatic rings. The summed E-state index contributed by atoms with van der Waals surface area (Å²) in [5, 5.41) is 13.0. The van der Waals surface area contributed by atoms with Crippen LogP contribution in [0.2, 0.25) is 0 Å². The van der Waals surface area contributed by atoms with Crippen LogP contribution >= 0.6 is 0 Å². The van der Waals surface area contributed by atoms with Gasteiger partial charge in [-0.3, -0.25) is 4.79 Å². The van der Waals surface area contributed by atoms with Crippen molar-refractivity contribution in [1.82, 2.24) is 5.16 Å². The number of aromatic nitrogens is 1. The number of benzene rings is 2. The maximum absolute atomic E-state index is 11.2. The van der Waals surface area contributed by atoms with Crippen LogP contribution in [0.1, 0.15) is 29.2 Å². The highest BCUT2D eigenvalue weighted by Gasteiger charge is 2.20. The summed E-state index contributed by atoms with van der Waals surface area (Å²) in [5.41, 5.74) is 2.47. The van der Waals surface area contributed by atoms with Gasteiger partial charge in [-0.2, -0.15) is 0 Å². The minimum atomic E-state index is -0.891. The Morgan fingerprint density at radius 2 is 1.77 bits per heavy atom. The average Bonchev–Trinajstić information content (AvgIpc) is 3.20. The van der Waals surface area contributed by atoms with Crippen molar-refractivity contribution in [2.24, 2.45) is 0 Å². The maximum Gasteiger partial charge on any atom is 0.304 e. The van der Waals surface area contributed by atoms with E-state index in [2.05, 4.69) is 5.16 Å². The fourth-order valence-electron chi connectivity index (χ4n) is 2.65. The fourth-order valence-corrected chi connectivity index (χ4v) is 2.65. The van der Waals surface area contributed by atoms with Crippen molar-refractivity contribution in [3.05, 3.63) is 77.7 Å². The number of carboxylic acids is 1. The monoisotopic (exact) mass is 353 g/mol. The molecule has 0 radical (unpaired) electrons. The zero-order valence-corrected chi connectivity index (χ0v) is 14.3. The molecule has 0 aliphatic rings. The molecule has 0 saturated heterocycles. The van der Waals surface area contributed by atoms with Crippen LogP contribution in [0.15, 0.2) is 65.4 Å². The van der Waals surface area contributed by atoms with Gasteiger partial charge in [-0.1, -0.05) is 29.4 Å². The molecule has 6 nitrogen and oxygen atoms in total. The molecule has 26 heavy (non-hydrogen) atoms. The van der Waals surface area contributed by atoms with E-state index in [4.69, 9.17) is 19.1 Å². The molecule has 0 saturated carbocycles. The maximum atomic E-state index is 11.2. The topological polar surface area (TPSA) is 81.8 Å². The van der Waals surface area contributed by atoms with Crippen LogP contribution in [-0.2, 0) is 11.4 Å². The third-order valence-electron chi connectivity index (χ3n) is 4.04. The van der Waals surface area contributed by atoms with E-state index in [0.29, 0.717) is 18.1 Å². The van der Waals surface area contributed by atoms with Gasteiger partial charge < -0.3 is 19.1 Å². The molecule has 0 bridgehead atoms. The van der Waals surface area contributed by atoms with Gasteiger partial charge in [0.1, 0.15) is 24.4 Å². The van der Waals surface area contributed by atoms with Gasteiger partial charge in [0.05, 0.1) is 19.2 Å². The van der Waals surface area contributed by atoms with Crippen molar-refractivity contribution < 1.29 is 23.9 Å². The summed E-state index contributed by atoms with van der Waals surface area (Å²) in [7, 11) is 1.63. The van der Waals surface area contributed by atoms with Crippen LogP contribution in [0, 0.1) is 0 Å². The fraction of sp³-hybridized carbons (Fsp3) is 0.200. The number of aliphatic carboxylic acids is 1. The molecular weight excluding hydrogens is 334 g/mol. The minimum Gasteiger partial charge on any atom is -0.497 e. The molecular formula is C20H19NO5. The van der Waals surface area contributed by atoms with Gasteiger partial charge in [0, 0.05) is 12.0 Å². The molecule has 0 amide bonds. The molecule has 2 aromatic carbocycles. The van der Waals surface area contributed by atoms with Gasteiger partial charge >= 0.3 is 5.97 Å². The second kappa shape index (κ2) is 8.20. The zero-order valence-electron chi connectivity index (χ0n) is 14.3. The van der Waals surface area contributed by atoms with Crippen LogP contribution < -0.4 is 9.47 Å². The van der Waals surface area contributed by atoms with E-state index in [0.717, 1.165) is 16.9 Å². The van der Waals surface area contributed by atoms with E-state index in [9.17, 15) is 4.79 Å². The standard InChI is InChI=1S/C20H19NO5/c1-24-16-6-2-14(3-7-16)13-25-17-8-4-15(5-9-17)18(12-20(22)23)19-10-11-26-21-19/h2-11,18H,12-13H2,1H3,(H,22,23). The van der Waals surface area contributed by atoms with Crippen molar-refractivity contribution in [1.29, 1.82) is 0 Å². The highest BCUT2D eigenvalue weighted by Crippen LogP contribution is 2.28. The molecule has 1 atom stereocenters. The van der Waals surface area contributed by atoms with Crippen LogP contribution in [-0.4, -0.2) is 23.3 Å². The summed E-state index contributed by atoms with van der Waals surface area (Å²) in [6.07, 6.45) is 1.38. The third-order valence-corrected chi connectivity index (χ3v) is 4.04. The summed E-state index contributed by atoms with van der Waals surface area (Å²) >= 11 is 0. The first-order valence-electron chi connectivity index (χ1n) is 8.13. The molecule has 1 aromatic heterocycles. The van der Waals surface area contributed by atoms with Gasteiger partial charge in [-0.25, -0.2) is 0 Å². The van der Waals surface area contributed by atoms with Crippen molar-refractivity contribution in [2.75, 3.05) is 7.11 Å². The lowest BCUT2D eigenvalue weighted by Crippen LogP contribution is -2.08. The van der Waals surface area contributed by atoms with E-state index >= 15 is 0 Å². The Kier molecular flexibility index (Phi) is 5.53. The summed E-state index contributed by atoms with van der Waals surface area (Å²) < 4.78 is 15.8. The molecule has 134 valence electrons. The predicted molar refractivity (Wildman–Crippen MR) is 94.4 cm³/mol. The van der Waals surface area contributed by atoms with Crippen molar-refractivity contribution in [3.63, 3.8) is 0 Å². The number of hydrogen-bond donors (Lipinski definition) is 1. The lowest BCUT2D eigenvalue weighted by atomic mass is 9.92. The van der Waals surface area contributed by atoms with Crippen LogP contribution in [0.25, 0.3) is 0 Å². The average molecular weight is 353 g/mol. The number of hydrogen-bond acceptors (Lipinski definition) is 5. The summed E-state index contributed by atoms with van der Waals surface area (Å²) in [6, 6.07) is 16.7. The Balaban J connectivity index is 1.67. The minimum absolute atomic E-state index is 0.0570. The van der Waals surface area contributed by atoms with Gasteiger partial charge in [-0.05, 0) is 35.4 Å². The highest BCUT2D eigenvalue weighted by atomic mass is 16.5. The van der Waals surface area contributed by atoms with E-state index < -0.39 is 5.97 Å². The van der Waals surface area contributed by atoms with Gasteiger partial charge in [-0.15, -0.1) is 0 Å². The normalized spacial score (nSPS) is 11.7. The smallest absolute Gasteiger partial charge is 0.304 e. The highest BCUT2D eigenvalue weighted by molar-refractivity contribution is 5.68. The first-order chi connectivity index (χ1) is 12.7. The second-order valence-electron chi connectivity index (χ2n) is 5.78. The van der Waals surface area contributed by atoms with Gasteiger partial charge in [0.25, 0.3) is 0 Å². The molecule has 3 rings (SSSR count). The lowest BCUT2D eigenvalue weighted by molar-refractivity contribution is -0.137. The van der Waals surface area contributed by atoms with E-state index in [1.165, 1.54) is 6.26 Å². The largest absolute Gasteiger partial charge is 0.497 e. The van der Waals surface area contributed by atoms with E-state index in [1.807, 2.05) is 48.5 Å². The predicted octanol–water partition coefficient (Wildman–Crippen LogP) is 3.87. The Bertz CT molecular complexity index is 826. The summed E-state index contributed by atoms with van der Waals surface area (Å²) in [5.74, 6) is 0.258. The van der Waals surface area contributed by atoms with Crippen molar-refractivity contribution in [2.45, 2.75) is 18.9 Å². The molecule has 0 aliphatic heterocycles. The van der Waals surface area contributed by atoms with Crippen LogP contribution in [0.5, 0.6) is 11.5 Å². The first kappa shape index (κ1) is 17.5. The van der Waals surface area contributed by atoms with Crippen LogP contribution in [0.4, 0.5) is 0 Å². The number of carbonyl (C=O) groups is 1. The van der Waals surface area contributed by atoms with Crippen molar-refractivity contribution >= 4 is 5.97 Å². The van der Waals surface area contributed by atoms with E-state index in [1.54, 1.807) is 13.2 Å². The molecule has 1 N–H and O–H groups in total. The molecule has 6 heteroatoms. The Morgan fingerprint density at radius 1 is 1.08 bits per heavy atom. The Labute approximate surface area is 151 Å². The van der Waals surface area contributed by atoms with Gasteiger partial charge in [0.15, 0.2) is 0 Å². The number of carboxylic acid groups (broad SMARTS) is 1. The lowest BCUT2D eigenvalue weighted by Gasteiger charge is -2.13. The van der Waals surface area contributed by atoms with Crippen molar-refractivity contribution in [3.8, 4) is 11.5 Å². The first-order valence-corrected chi connectivity index (χ1v) is 8.13. The molecule has 1 unspecified atom stereocenters. The number of nitrogens with zero attached hydrogens (tertiary/aromatic N) is 1. The molecule has 0 aliphatic carbocycles. The molecule has 1 heterocycles. The quantitative estimate of drug-likeness (QED) is 0.662. The number of ether oxygens (including phenoxy) is 2. The zero-order chi connectivity index (χ0) is 18.4. The third kappa shape index (κ3) is 4.42. The molecule has 0 spiro atoms. The van der Waals surface area contributed by atoms with Gasteiger partial charge in [0.2, 0.25) is 0 Å².